The minimum absolute atomic E-state index is 0.0935. The monoisotopic (exact) mass is 504 g/mol. The highest BCUT2D eigenvalue weighted by atomic mass is 35.5. The Morgan fingerprint density at radius 3 is 2.63 bits per heavy atom. The molecular formula is C24H24ClF3N6O. The molecule has 184 valence electrons. The van der Waals surface area contributed by atoms with Crippen LogP contribution in [-0.2, 0) is 0 Å². The van der Waals surface area contributed by atoms with Crippen molar-refractivity contribution in [3.63, 3.8) is 0 Å². The molecule has 0 aliphatic heterocycles. The van der Waals surface area contributed by atoms with Crippen molar-refractivity contribution in [3.8, 4) is 11.4 Å². The van der Waals surface area contributed by atoms with Crippen molar-refractivity contribution in [2.24, 2.45) is 0 Å². The van der Waals surface area contributed by atoms with E-state index in [9.17, 15) is 13.2 Å². The maximum Gasteiger partial charge on any atom is 0.281 e. The summed E-state index contributed by atoms with van der Waals surface area (Å²) in [6.45, 7) is 0. The van der Waals surface area contributed by atoms with Crippen molar-refractivity contribution in [2.45, 2.75) is 31.6 Å². The fraction of sp³-hybridized carbons (Fsp3) is 0.292. The van der Waals surface area contributed by atoms with Crippen molar-refractivity contribution in [1.29, 1.82) is 0 Å². The molecule has 0 saturated heterocycles. The molecule has 0 amide bonds. The first-order valence-corrected chi connectivity index (χ1v) is 11.5. The molecule has 7 nitrogen and oxygen atoms in total. The molecule has 0 aliphatic rings. The van der Waals surface area contributed by atoms with Crippen LogP contribution in [-0.4, -0.2) is 37.7 Å². The Morgan fingerprint density at radius 1 is 1.14 bits per heavy atom. The van der Waals surface area contributed by atoms with Crippen LogP contribution in [0.1, 0.15) is 48.7 Å². The minimum atomic E-state index is -2.66. The molecular weight excluding hydrogens is 481 g/mol. The summed E-state index contributed by atoms with van der Waals surface area (Å²) >= 11 is 5.84. The van der Waals surface area contributed by atoms with Gasteiger partial charge in [-0.2, -0.15) is 4.98 Å². The van der Waals surface area contributed by atoms with Gasteiger partial charge in [-0.1, -0.05) is 18.6 Å². The zero-order chi connectivity index (χ0) is 24.8. The number of nitrogens with one attached hydrogen (secondary N) is 2. The Labute approximate surface area is 205 Å². The SMILES string of the molecule is COc1cc(Nc2n[nH]c(C(CCCCCl)c3ccc(F)cc3)n2)ccc1-n1cnc(C(F)F)c1. The van der Waals surface area contributed by atoms with Crippen LogP contribution in [0.3, 0.4) is 0 Å². The van der Waals surface area contributed by atoms with Crippen molar-refractivity contribution in [3.05, 3.63) is 77.9 Å². The molecule has 0 saturated carbocycles. The van der Waals surface area contributed by atoms with E-state index in [4.69, 9.17) is 16.3 Å². The van der Waals surface area contributed by atoms with Gasteiger partial charge in [0.2, 0.25) is 5.95 Å². The molecule has 2 N–H and O–H groups in total. The number of hydrogen-bond acceptors (Lipinski definition) is 5. The highest BCUT2D eigenvalue weighted by Gasteiger charge is 2.19. The summed E-state index contributed by atoms with van der Waals surface area (Å²) in [5.74, 6) is 1.63. The number of ether oxygens (including phenoxy) is 1. The highest BCUT2D eigenvalue weighted by molar-refractivity contribution is 6.17. The minimum Gasteiger partial charge on any atom is -0.494 e. The maximum absolute atomic E-state index is 13.4. The van der Waals surface area contributed by atoms with Gasteiger partial charge in [0.25, 0.3) is 6.43 Å². The van der Waals surface area contributed by atoms with E-state index in [0.717, 1.165) is 24.8 Å². The van der Waals surface area contributed by atoms with E-state index in [1.54, 1.807) is 30.3 Å². The number of aromatic nitrogens is 5. The first-order chi connectivity index (χ1) is 17.0. The lowest BCUT2D eigenvalue weighted by Crippen LogP contribution is -2.04. The van der Waals surface area contributed by atoms with Crippen molar-refractivity contribution in [2.75, 3.05) is 18.3 Å². The number of rotatable bonds is 11. The van der Waals surface area contributed by atoms with Gasteiger partial charge in [0.1, 0.15) is 23.1 Å². The van der Waals surface area contributed by atoms with Crippen LogP contribution in [0.4, 0.5) is 24.8 Å². The van der Waals surface area contributed by atoms with Crippen molar-refractivity contribution in [1.82, 2.24) is 24.7 Å². The number of methoxy groups -OCH3 is 1. The summed E-state index contributed by atoms with van der Waals surface area (Å²) < 4.78 is 46.2. The summed E-state index contributed by atoms with van der Waals surface area (Å²) in [4.78, 5) is 8.32. The first-order valence-electron chi connectivity index (χ1n) is 11.0. The quantitative estimate of drug-likeness (QED) is 0.183. The van der Waals surface area contributed by atoms with Crippen molar-refractivity contribution < 1.29 is 17.9 Å². The predicted octanol–water partition coefficient (Wildman–Crippen LogP) is 6.36. The van der Waals surface area contributed by atoms with Gasteiger partial charge in [-0.25, -0.2) is 18.2 Å². The smallest absolute Gasteiger partial charge is 0.281 e. The second-order valence-corrected chi connectivity index (χ2v) is 8.23. The zero-order valence-corrected chi connectivity index (χ0v) is 19.6. The van der Waals surface area contributed by atoms with Crippen LogP contribution >= 0.6 is 11.6 Å². The Morgan fingerprint density at radius 2 is 1.94 bits per heavy atom. The predicted molar refractivity (Wildman–Crippen MR) is 128 cm³/mol. The van der Waals surface area contributed by atoms with Crippen LogP contribution in [0.2, 0.25) is 0 Å². The lowest BCUT2D eigenvalue weighted by molar-refractivity contribution is 0.146. The fourth-order valence-corrected chi connectivity index (χ4v) is 3.95. The summed E-state index contributed by atoms with van der Waals surface area (Å²) in [7, 11) is 1.49. The molecule has 2 aromatic heterocycles. The average molecular weight is 505 g/mol. The van der Waals surface area contributed by atoms with E-state index in [2.05, 4.69) is 25.5 Å². The largest absolute Gasteiger partial charge is 0.494 e. The molecule has 11 heteroatoms. The lowest BCUT2D eigenvalue weighted by atomic mass is 9.93. The summed E-state index contributed by atoms with van der Waals surface area (Å²) in [6.07, 6.45) is 2.44. The van der Waals surface area contributed by atoms with Crippen LogP contribution < -0.4 is 10.1 Å². The molecule has 4 aromatic rings. The van der Waals surface area contributed by atoms with Gasteiger partial charge < -0.3 is 14.6 Å². The lowest BCUT2D eigenvalue weighted by Gasteiger charge is -2.14. The van der Waals surface area contributed by atoms with Crippen molar-refractivity contribution >= 4 is 23.2 Å². The number of nitrogens with zero attached hydrogens (tertiary/aromatic N) is 4. The Balaban J connectivity index is 1.54. The third-order valence-corrected chi connectivity index (χ3v) is 5.79. The number of aromatic amines is 1. The van der Waals surface area contributed by atoms with Crippen LogP contribution in [0.15, 0.2) is 55.0 Å². The molecule has 35 heavy (non-hydrogen) atoms. The number of hydrogen-bond donors (Lipinski definition) is 2. The number of imidazole rings is 1. The Bertz CT molecular complexity index is 1240. The molecule has 2 heterocycles. The summed E-state index contributed by atoms with van der Waals surface area (Å²) in [5.41, 5.74) is 1.82. The molecule has 0 aliphatic carbocycles. The Kier molecular flexibility index (Phi) is 7.91. The fourth-order valence-electron chi connectivity index (χ4n) is 3.77. The Hall–Kier alpha value is -3.53. The van der Waals surface area contributed by atoms with Crippen LogP contribution in [0, 0.1) is 5.82 Å². The first kappa shape index (κ1) is 24.6. The third-order valence-electron chi connectivity index (χ3n) is 5.52. The number of benzene rings is 2. The average Bonchev–Trinajstić information content (AvgIpc) is 3.53. The number of unbranched alkanes of at least 4 members (excludes halogenated alkanes) is 1. The molecule has 1 unspecified atom stereocenters. The molecule has 0 radical (unpaired) electrons. The zero-order valence-electron chi connectivity index (χ0n) is 18.9. The van der Waals surface area contributed by atoms with Crippen LogP contribution in [0.25, 0.3) is 5.69 Å². The number of alkyl halides is 3. The van der Waals surface area contributed by atoms with E-state index in [1.807, 2.05) is 0 Å². The van der Waals surface area contributed by atoms with Gasteiger partial charge in [0, 0.05) is 29.7 Å². The van der Waals surface area contributed by atoms with E-state index in [1.165, 1.54) is 36.3 Å². The maximum atomic E-state index is 13.4. The molecule has 2 aromatic carbocycles. The molecule has 1 atom stereocenters. The molecule has 0 spiro atoms. The number of anilines is 2. The molecule has 4 rings (SSSR count). The van der Waals surface area contributed by atoms with Gasteiger partial charge in [-0.15, -0.1) is 16.7 Å². The van der Waals surface area contributed by atoms with Gasteiger partial charge in [-0.05, 0) is 42.7 Å². The van der Waals surface area contributed by atoms with E-state index in [0.29, 0.717) is 34.8 Å². The van der Waals surface area contributed by atoms with E-state index < -0.39 is 6.43 Å². The number of H-pyrrole nitrogens is 1. The third kappa shape index (κ3) is 5.94. The molecule has 0 bridgehead atoms. The van der Waals surface area contributed by atoms with Gasteiger partial charge >= 0.3 is 0 Å². The highest BCUT2D eigenvalue weighted by Crippen LogP contribution is 2.31. The standard InChI is InChI=1S/C24H24ClF3N6O/c1-35-21-12-17(9-10-20(21)34-13-19(22(27)28)29-14-34)30-24-31-23(32-33-24)18(4-2-3-11-25)15-5-7-16(26)8-6-15/h5-10,12-14,18,22H,2-4,11H2,1H3,(H2,30,31,32,33). The van der Waals surface area contributed by atoms with E-state index in [-0.39, 0.29) is 17.4 Å². The van der Waals surface area contributed by atoms with Crippen LogP contribution in [0.5, 0.6) is 5.75 Å². The normalized spacial score (nSPS) is 12.2. The van der Waals surface area contributed by atoms with Gasteiger partial charge in [-0.3, -0.25) is 5.10 Å². The summed E-state index contributed by atoms with van der Waals surface area (Å²) in [5, 5.41) is 10.4. The molecule has 0 fully saturated rings. The van der Waals surface area contributed by atoms with Gasteiger partial charge in [0.15, 0.2) is 0 Å². The van der Waals surface area contributed by atoms with Gasteiger partial charge in [0.05, 0.1) is 19.1 Å². The van der Waals surface area contributed by atoms with E-state index >= 15 is 0 Å². The summed E-state index contributed by atoms with van der Waals surface area (Å²) in [6, 6.07) is 11.5. The topological polar surface area (TPSA) is 80.6 Å². The number of halogens is 4. The second kappa shape index (κ2) is 11.3. The second-order valence-electron chi connectivity index (χ2n) is 7.85.